The summed E-state index contributed by atoms with van der Waals surface area (Å²) >= 11 is 1.92. The number of ether oxygens (including phenoxy) is 1. The van der Waals surface area contributed by atoms with Gasteiger partial charge in [0.2, 0.25) is 5.91 Å². The molecule has 2 N–H and O–H groups in total. The molecule has 5 nitrogen and oxygen atoms in total. The molecular formula is C18H26N2O3S. The summed E-state index contributed by atoms with van der Waals surface area (Å²) in [4.78, 5) is 24.0. The van der Waals surface area contributed by atoms with Crippen LogP contribution in [-0.4, -0.2) is 42.5 Å². The first-order valence-corrected chi connectivity index (χ1v) is 9.72. The Kier molecular flexibility index (Phi) is 7.95. The van der Waals surface area contributed by atoms with Crippen LogP contribution in [0.5, 0.6) is 5.75 Å². The number of carbonyl (C=O) groups excluding carboxylic acids is 2. The third-order valence-corrected chi connectivity index (χ3v) is 4.93. The van der Waals surface area contributed by atoms with Gasteiger partial charge in [-0.05, 0) is 55.0 Å². The molecule has 1 saturated heterocycles. The second-order valence-electron chi connectivity index (χ2n) is 5.86. The van der Waals surface area contributed by atoms with Gasteiger partial charge >= 0.3 is 0 Å². The molecule has 24 heavy (non-hydrogen) atoms. The third kappa shape index (κ3) is 6.43. The lowest BCUT2D eigenvalue weighted by Gasteiger charge is -2.22. The maximum absolute atomic E-state index is 12.1. The number of hydrogen-bond donors (Lipinski definition) is 2. The van der Waals surface area contributed by atoms with Crippen LogP contribution in [-0.2, 0) is 4.79 Å². The van der Waals surface area contributed by atoms with Crippen molar-refractivity contribution in [3.05, 3.63) is 29.8 Å². The molecule has 6 heteroatoms. The minimum atomic E-state index is -0.246. The number of amides is 2. The molecule has 0 bridgehead atoms. The first-order chi connectivity index (χ1) is 11.7. The van der Waals surface area contributed by atoms with Crippen LogP contribution >= 0.6 is 11.8 Å². The maximum atomic E-state index is 12.1. The molecule has 1 heterocycles. The lowest BCUT2D eigenvalue weighted by molar-refractivity contribution is -0.120. The normalized spacial score (nSPS) is 14.9. The van der Waals surface area contributed by atoms with E-state index in [1.807, 2.05) is 11.8 Å². The monoisotopic (exact) mass is 350 g/mol. The molecule has 1 fully saturated rings. The van der Waals surface area contributed by atoms with Gasteiger partial charge in [-0.25, -0.2) is 0 Å². The van der Waals surface area contributed by atoms with Gasteiger partial charge < -0.3 is 15.4 Å². The Morgan fingerprint density at radius 2 is 1.92 bits per heavy atom. The zero-order valence-corrected chi connectivity index (χ0v) is 15.0. The van der Waals surface area contributed by atoms with Gasteiger partial charge in [0.15, 0.2) is 0 Å². The van der Waals surface area contributed by atoms with E-state index in [4.69, 9.17) is 4.74 Å². The highest BCUT2D eigenvalue weighted by Gasteiger charge is 2.16. The lowest BCUT2D eigenvalue weighted by Crippen LogP contribution is -2.43. The molecule has 0 aliphatic carbocycles. The fourth-order valence-corrected chi connectivity index (χ4v) is 3.53. The molecule has 0 spiro atoms. The first kappa shape index (κ1) is 18.6. The predicted molar refractivity (Wildman–Crippen MR) is 97.7 cm³/mol. The molecule has 2 amide bonds. The predicted octanol–water partition coefficient (Wildman–Crippen LogP) is 2.61. The van der Waals surface area contributed by atoms with E-state index in [2.05, 4.69) is 17.6 Å². The molecule has 1 aromatic rings. The number of benzene rings is 1. The number of rotatable bonds is 8. The van der Waals surface area contributed by atoms with Crippen molar-refractivity contribution in [3.63, 3.8) is 0 Å². The van der Waals surface area contributed by atoms with Crippen molar-refractivity contribution in [3.8, 4) is 5.75 Å². The summed E-state index contributed by atoms with van der Waals surface area (Å²) in [6, 6.07) is 7.24. The van der Waals surface area contributed by atoms with Gasteiger partial charge in [-0.15, -0.1) is 0 Å². The van der Waals surface area contributed by atoms with E-state index in [9.17, 15) is 9.59 Å². The van der Waals surface area contributed by atoms with Crippen molar-refractivity contribution in [1.82, 2.24) is 10.6 Å². The summed E-state index contributed by atoms with van der Waals surface area (Å²) < 4.78 is 5.57. The minimum Gasteiger partial charge on any atom is -0.494 e. The molecule has 0 radical (unpaired) electrons. The molecule has 1 aliphatic rings. The molecule has 0 aromatic heterocycles. The largest absolute Gasteiger partial charge is 0.494 e. The van der Waals surface area contributed by atoms with Gasteiger partial charge in [0.25, 0.3) is 5.91 Å². The van der Waals surface area contributed by atoms with E-state index < -0.39 is 0 Å². The second-order valence-corrected chi connectivity index (χ2v) is 7.09. The fraction of sp³-hybridized carbons (Fsp3) is 0.556. The van der Waals surface area contributed by atoms with Crippen molar-refractivity contribution in [1.29, 1.82) is 0 Å². The van der Waals surface area contributed by atoms with Crippen LogP contribution in [0.25, 0.3) is 0 Å². The van der Waals surface area contributed by atoms with E-state index in [0.717, 1.165) is 42.9 Å². The number of thioether (sulfide) groups is 1. The molecule has 0 saturated carbocycles. The fourth-order valence-electron chi connectivity index (χ4n) is 2.42. The Bertz CT molecular complexity index is 528. The highest BCUT2D eigenvalue weighted by Crippen LogP contribution is 2.16. The summed E-state index contributed by atoms with van der Waals surface area (Å²) in [5.74, 6) is 2.56. The van der Waals surface area contributed by atoms with E-state index in [1.54, 1.807) is 24.3 Å². The Labute approximate surface area is 147 Å². The van der Waals surface area contributed by atoms with E-state index in [0.29, 0.717) is 12.2 Å². The van der Waals surface area contributed by atoms with E-state index in [1.165, 1.54) is 0 Å². The molecule has 1 aromatic carbocycles. The van der Waals surface area contributed by atoms with Crippen LogP contribution in [0.3, 0.4) is 0 Å². The summed E-state index contributed by atoms with van der Waals surface area (Å²) in [7, 11) is 0. The van der Waals surface area contributed by atoms with Gasteiger partial charge in [-0.1, -0.05) is 13.3 Å². The van der Waals surface area contributed by atoms with Crippen LogP contribution < -0.4 is 15.4 Å². The average Bonchev–Trinajstić information content (AvgIpc) is 2.61. The number of nitrogens with one attached hydrogen (secondary N) is 2. The van der Waals surface area contributed by atoms with E-state index >= 15 is 0 Å². The Hall–Kier alpha value is -1.69. The van der Waals surface area contributed by atoms with Crippen LogP contribution in [0, 0.1) is 0 Å². The number of carbonyl (C=O) groups is 2. The summed E-state index contributed by atoms with van der Waals surface area (Å²) in [5, 5.41) is 5.64. The minimum absolute atomic E-state index is 0.0111. The zero-order chi connectivity index (χ0) is 17.2. The van der Waals surface area contributed by atoms with Crippen molar-refractivity contribution >= 4 is 23.6 Å². The lowest BCUT2D eigenvalue weighted by atomic mass is 10.1. The van der Waals surface area contributed by atoms with Gasteiger partial charge in [-0.2, -0.15) is 11.8 Å². The van der Waals surface area contributed by atoms with Crippen molar-refractivity contribution in [2.75, 3.05) is 24.7 Å². The standard InChI is InChI=1S/C18H26N2O3S/c1-2-3-10-23-16-6-4-14(5-7-16)18(22)19-13-17(21)20-15-8-11-24-12-9-15/h4-7,15H,2-3,8-13H2,1H3,(H,19,22)(H,20,21). The van der Waals surface area contributed by atoms with Crippen molar-refractivity contribution in [2.45, 2.75) is 38.6 Å². The smallest absolute Gasteiger partial charge is 0.251 e. The second kappa shape index (κ2) is 10.2. The Morgan fingerprint density at radius 3 is 2.58 bits per heavy atom. The van der Waals surface area contributed by atoms with Gasteiger partial charge in [0.05, 0.1) is 13.2 Å². The molecule has 2 rings (SSSR count). The highest BCUT2D eigenvalue weighted by atomic mass is 32.2. The summed E-state index contributed by atoms with van der Waals surface area (Å²) in [5.41, 5.74) is 0.528. The van der Waals surface area contributed by atoms with Gasteiger partial charge in [0.1, 0.15) is 5.75 Å². The van der Waals surface area contributed by atoms with Crippen LogP contribution in [0.1, 0.15) is 43.0 Å². The first-order valence-electron chi connectivity index (χ1n) is 8.57. The summed E-state index contributed by atoms with van der Waals surface area (Å²) in [6.45, 7) is 2.80. The van der Waals surface area contributed by atoms with Crippen LogP contribution in [0.2, 0.25) is 0 Å². The summed E-state index contributed by atoms with van der Waals surface area (Å²) in [6.07, 6.45) is 4.10. The molecule has 0 atom stereocenters. The zero-order valence-electron chi connectivity index (χ0n) is 14.2. The van der Waals surface area contributed by atoms with Crippen molar-refractivity contribution in [2.24, 2.45) is 0 Å². The van der Waals surface area contributed by atoms with Crippen LogP contribution in [0.4, 0.5) is 0 Å². The Morgan fingerprint density at radius 1 is 1.21 bits per heavy atom. The highest BCUT2D eigenvalue weighted by molar-refractivity contribution is 7.99. The number of unbranched alkanes of at least 4 members (excludes halogenated alkanes) is 1. The van der Waals surface area contributed by atoms with Gasteiger partial charge in [0, 0.05) is 11.6 Å². The molecule has 1 aliphatic heterocycles. The van der Waals surface area contributed by atoms with Crippen molar-refractivity contribution < 1.29 is 14.3 Å². The average molecular weight is 350 g/mol. The Balaban J connectivity index is 1.72. The molecule has 132 valence electrons. The van der Waals surface area contributed by atoms with Gasteiger partial charge in [-0.3, -0.25) is 9.59 Å². The molecule has 0 unspecified atom stereocenters. The SMILES string of the molecule is CCCCOc1ccc(C(=O)NCC(=O)NC2CCSCC2)cc1. The molecular weight excluding hydrogens is 324 g/mol. The van der Waals surface area contributed by atoms with E-state index in [-0.39, 0.29) is 24.4 Å². The topological polar surface area (TPSA) is 67.4 Å². The maximum Gasteiger partial charge on any atom is 0.251 e. The quantitative estimate of drug-likeness (QED) is 0.707. The third-order valence-electron chi connectivity index (χ3n) is 3.88. The van der Waals surface area contributed by atoms with Crippen LogP contribution in [0.15, 0.2) is 24.3 Å². The number of hydrogen-bond acceptors (Lipinski definition) is 4.